The lowest BCUT2D eigenvalue weighted by Crippen LogP contribution is -2.27. The van der Waals surface area contributed by atoms with Crippen LogP contribution in [0.1, 0.15) is 58.5 Å². The predicted molar refractivity (Wildman–Crippen MR) is 107 cm³/mol. The van der Waals surface area contributed by atoms with E-state index in [1.807, 2.05) is 19.9 Å². The molecular weight excluding hydrogens is 368 g/mol. The summed E-state index contributed by atoms with van der Waals surface area (Å²) in [7, 11) is 1.60. The topological polar surface area (TPSA) is 84.4 Å². The van der Waals surface area contributed by atoms with Gasteiger partial charge < -0.3 is 15.0 Å². The van der Waals surface area contributed by atoms with Gasteiger partial charge in [0.25, 0.3) is 5.91 Å². The van der Waals surface area contributed by atoms with Crippen LogP contribution in [0, 0.1) is 12.8 Å². The van der Waals surface area contributed by atoms with Gasteiger partial charge in [-0.3, -0.25) is 14.6 Å². The Labute approximate surface area is 170 Å². The van der Waals surface area contributed by atoms with Gasteiger partial charge in [0, 0.05) is 42.7 Å². The first-order valence-electron chi connectivity index (χ1n) is 10.1. The third-order valence-electron chi connectivity index (χ3n) is 5.73. The molecule has 152 valence electrons. The van der Waals surface area contributed by atoms with Crippen LogP contribution >= 0.6 is 0 Å². The van der Waals surface area contributed by atoms with Gasteiger partial charge in [-0.25, -0.2) is 4.98 Å². The van der Waals surface area contributed by atoms with Crippen LogP contribution in [0.15, 0.2) is 24.5 Å². The molecule has 1 N–H and O–H groups in total. The minimum atomic E-state index is -0.147. The van der Waals surface area contributed by atoms with Crippen molar-refractivity contribution in [1.82, 2.24) is 20.2 Å². The Bertz CT molecular complexity index is 955. The second-order valence-electron chi connectivity index (χ2n) is 7.89. The highest BCUT2D eigenvalue weighted by Gasteiger charge is 2.34. The monoisotopic (exact) mass is 394 g/mol. The molecule has 1 aliphatic heterocycles. The molecule has 1 aliphatic carbocycles. The van der Waals surface area contributed by atoms with Crippen molar-refractivity contribution in [3.63, 3.8) is 0 Å². The van der Waals surface area contributed by atoms with Crippen LogP contribution in [0.25, 0.3) is 0 Å². The minimum Gasteiger partial charge on any atom is -0.477 e. The maximum Gasteiger partial charge on any atom is 0.255 e. The lowest BCUT2D eigenvalue weighted by Gasteiger charge is -2.25. The van der Waals surface area contributed by atoms with E-state index in [1.165, 1.54) is 12.8 Å². The third-order valence-corrected chi connectivity index (χ3v) is 5.73. The SMILES string of the molecule is CNC(=O)Cc1nccc2c1CN(C(C)c1cnc(OCC3CC3)c(C)c1)C2=O. The molecule has 4 rings (SSSR count). The number of nitrogens with zero attached hydrogens (tertiary/aromatic N) is 3. The van der Waals surface area contributed by atoms with Crippen LogP contribution in [-0.2, 0) is 17.8 Å². The van der Waals surface area contributed by atoms with E-state index in [2.05, 4.69) is 15.3 Å². The van der Waals surface area contributed by atoms with Crippen molar-refractivity contribution < 1.29 is 14.3 Å². The molecule has 2 aromatic rings. The predicted octanol–water partition coefficient (Wildman–Crippen LogP) is 2.58. The Kier molecular flexibility index (Phi) is 5.22. The number of ether oxygens (including phenoxy) is 1. The first-order valence-corrected chi connectivity index (χ1v) is 10.1. The molecule has 1 saturated carbocycles. The first-order chi connectivity index (χ1) is 14.0. The molecule has 0 radical (unpaired) electrons. The fraction of sp³-hybridized carbons (Fsp3) is 0.455. The number of hydrogen-bond donors (Lipinski definition) is 1. The van der Waals surface area contributed by atoms with Gasteiger partial charge in [-0.15, -0.1) is 0 Å². The Morgan fingerprint density at radius 3 is 2.86 bits per heavy atom. The van der Waals surface area contributed by atoms with Crippen molar-refractivity contribution in [2.75, 3.05) is 13.7 Å². The summed E-state index contributed by atoms with van der Waals surface area (Å²) in [6.07, 6.45) is 6.04. The maximum absolute atomic E-state index is 13.0. The van der Waals surface area contributed by atoms with E-state index in [0.29, 0.717) is 29.6 Å². The van der Waals surface area contributed by atoms with E-state index in [0.717, 1.165) is 23.3 Å². The average molecular weight is 394 g/mol. The number of aromatic nitrogens is 2. The normalized spacial score (nSPS) is 16.5. The Balaban J connectivity index is 1.52. The number of amides is 2. The van der Waals surface area contributed by atoms with Gasteiger partial charge in [-0.1, -0.05) is 0 Å². The van der Waals surface area contributed by atoms with E-state index in [1.54, 1.807) is 30.4 Å². The molecule has 3 heterocycles. The number of aryl methyl sites for hydroxylation is 1. The summed E-state index contributed by atoms with van der Waals surface area (Å²) >= 11 is 0. The van der Waals surface area contributed by atoms with Crippen LogP contribution in [0.3, 0.4) is 0 Å². The van der Waals surface area contributed by atoms with Crippen LogP contribution in [0.4, 0.5) is 0 Å². The fourth-order valence-electron chi connectivity index (χ4n) is 3.64. The van der Waals surface area contributed by atoms with Gasteiger partial charge in [-0.05, 0) is 50.3 Å². The minimum absolute atomic E-state index is 0.0419. The van der Waals surface area contributed by atoms with Crippen molar-refractivity contribution in [1.29, 1.82) is 0 Å². The Hall–Kier alpha value is -2.96. The molecule has 7 nitrogen and oxygen atoms in total. The van der Waals surface area contributed by atoms with Gasteiger partial charge in [0.15, 0.2) is 0 Å². The molecule has 2 amide bonds. The standard InChI is InChI=1S/C22H26N4O3/c1-13-8-16(10-25-21(13)29-12-15-4-5-15)14(2)26-11-18-17(22(26)28)6-7-24-19(18)9-20(27)23-3/h6-8,10,14-15H,4-5,9,11-12H2,1-3H3,(H,23,27). The molecule has 0 bridgehead atoms. The van der Waals surface area contributed by atoms with Crippen LogP contribution in [0.2, 0.25) is 0 Å². The van der Waals surface area contributed by atoms with Gasteiger partial charge in [0.05, 0.1) is 24.8 Å². The summed E-state index contributed by atoms with van der Waals surface area (Å²) in [4.78, 5) is 35.4. The smallest absolute Gasteiger partial charge is 0.255 e. The van der Waals surface area contributed by atoms with Gasteiger partial charge in [-0.2, -0.15) is 0 Å². The zero-order valence-corrected chi connectivity index (χ0v) is 17.1. The molecule has 0 spiro atoms. The van der Waals surface area contributed by atoms with E-state index < -0.39 is 0 Å². The second kappa shape index (κ2) is 7.81. The molecule has 1 unspecified atom stereocenters. The van der Waals surface area contributed by atoms with Crippen LogP contribution in [-0.4, -0.2) is 40.3 Å². The van der Waals surface area contributed by atoms with Crippen LogP contribution < -0.4 is 10.1 Å². The number of pyridine rings is 2. The van der Waals surface area contributed by atoms with Crippen LogP contribution in [0.5, 0.6) is 5.88 Å². The number of nitrogens with one attached hydrogen (secondary N) is 1. The molecular formula is C22H26N4O3. The third kappa shape index (κ3) is 3.95. The fourth-order valence-corrected chi connectivity index (χ4v) is 3.64. The van der Waals surface area contributed by atoms with Crippen molar-refractivity contribution in [2.45, 2.75) is 45.7 Å². The number of fused-ring (bicyclic) bond motifs is 1. The summed E-state index contributed by atoms with van der Waals surface area (Å²) in [5.74, 6) is 1.18. The van der Waals surface area contributed by atoms with Gasteiger partial charge in [0.1, 0.15) is 0 Å². The molecule has 2 aliphatic rings. The lowest BCUT2D eigenvalue weighted by molar-refractivity contribution is -0.120. The summed E-state index contributed by atoms with van der Waals surface area (Å²) in [5.41, 5.74) is 4.05. The Morgan fingerprint density at radius 2 is 2.17 bits per heavy atom. The molecule has 7 heteroatoms. The zero-order chi connectivity index (χ0) is 20.5. The first kappa shape index (κ1) is 19.4. The largest absolute Gasteiger partial charge is 0.477 e. The molecule has 2 aromatic heterocycles. The van der Waals surface area contributed by atoms with Gasteiger partial charge >= 0.3 is 0 Å². The summed E-state index contributed by atoms with van der Waals surface area (Å²) < 4.78 is 5.82. The number of carbonyl (C=O) groups excluding carboxylic acids is 2. The Morgan fingerprint density at radius 1 is 1.38 bits per heavy atom. The molecule has 1 fully saturated rings. The van der Waals surface area contributed by atoms with Crippen molar-refractivity contribution in [3.05, 3.63) is 52.5 Å². The lowest BCUT2D eigenvalue weighted by atomic mass is 10.1. The maximum atomic E-state index is 13.0. The zero-order valence-electron chi connectivity index (χ0n) is 17.1. The number of rotatable bonds is 7. The van der Waals surface area contributed by atoms with Crippen molar-refractivity contribution in [2.24, 2.45) is 5.92 Å². The number of likely N-dealkylation sites (N-methyl/N-ethyl adjacent to an activating group) is 1. The summed E-state index contributed by atoms with van der Waals surface area (Å²) in [5, 5.41) is 2.61. The molecule has 29 heavy (non-hydrogen) atoms. The van der Waals surface area contributed by atoms with E-state index in [-0.39, 0.29) is 24.3 Å². The van der Waals surface area contributed by atoms with E-state index in [4.69, 9.17) is 4.74 Å². The van der Waals surface area contributed by atoms with E-state index >= 15 is 0 Å². The second-order valence-corrected chi connectivity index (χ2v) is 7.89. The molecule has 1 atom stereocenters. The summed E-state index contributed by atoms with van der Waals surface area (Å²) in [6.45, 7) is 5.15. The summed E-state index contributed by atoms with van der Waals surface area (Å²) in [6, 6.07) is 3.63. The average Bonchev–Trinajstić information content (AvgIpc) is 3.49. The number of carbonyl (C=O) groups is 2. The highest BCUT2D eigenvalue weighted by atomic mass is 16.5. The molecule has 0 saturated heterocycles. The quantitative estimate of drug-likeness (QED) is 0.780. The van der Waals surface area contributed by atoms with Crippen molar-refractivity contribution in [3.8, 4) is 5.88 Å². The highest BCUT2D eigenvalue weighted by molar-refractivity contribution is 5.99. The van der Waals surface area contributed by atoms with Gasteiger partial charge in [0.2, 0.25) is 11.8 Å². The van der Waals surface area contributed by atoms with E-state index in [9.17, 15) is 9.59 Å². The highest BCUT2D eigenvalue weighted by Crippen LogP contribution is 2.34. The molecule has 0 aromatic carbocycles. The van der Waals surface area contributed by atoms with Crippen molar-refractivity contribution >= 4 is 11.8 Å². The number of hydrogen-bond acceptors (Lipinski definition) is 5.